The number of aryl methyl sites for hydroxylation is 2. The summed E-state index contributed by atoms with van der Waals surface area (Å²) in [6.07, 6.45) is 7.79. The molecular formula is C18H23N5OS. The van der Waals surface area contributed by atoms with E-state index in [0.717, 1.165) is 54.2 Å². The average Bonchev–Trinajstić information content (AvgIpc) is 3.26. The van der Waals surface area contributed by atoms with Crippen molar-refractivity contribution in [1.82, 2.24) is 19.5 Å². The average molecular weight is 357 g/mol. The highest BCUT2D eigenvalue weighted by Gasteiger charge is 2.30. The molecule has 7 heteroatoms. The van der Waals surface area contributed by atoms with Crippen LogP contribution in [0.1, 0.15) is 36.6 Å². The number of aromatic nitrogens is 4. The normalized spacial score (nSPS) is 19.5. The van der Waals surface area contributed by atoms with E-state index in [2.05, 4.69) is 32.8 Å². The van der Waals surface area contributed by atoms with Gasteiger partial charge in [0.05, 0.1) is 5.39 Å². The maximum absolute atomic E-state index is 10.8. The van der Waals surface area contributed by atoms with Crippen molar-refractivity contribution in [1.29, 1.82) is 0 Å². The molecule has 1 aliphatic heterocycles. The molecule has 1 N–H and O–H groups in total. The zero-order valence-corrected chi connectivity index (χ0v) is 15.4. The van der Waals surface area contributed by atoms with Gasteiger partial charge in [-0.1, -0.05) is 6.92 Å². The minimum Gasteiger partial charge on any atom is -0.385 e. The van der Waals surface area contributed by atoms with Gasteiger partial charge in [-0.3, -0.25) is 0 Å². The highest BCUT2D eigenvalue weighted by Crippen LogP contribution is 2.35. The summed E-state index contributed by atoms with van der Waals surface area (Å²) in [4.78, 5) is 18.0. The smallest absolute Gasteiger partial charge is 0.140 e. The van der Waals surface area contributed by atoms with Gasteiger partial charge in [0.1, 0.15) is 28.9 Å². The first kappa shape index (κ1) is 16.5. The van der Waals surface area contributed by atoms with Gasteiger partial charge < -0.3 is 14.6 Å². The van der Waals surface area contributed by atoms with Crippen LogP contribution in [0, 0.1) is 5.92 Å². The van der Waals surface area contributed by atoms with E-state index < -0.39 is 6.10 Å². The van der Waals surface area contributed by atoms with Crippen LogP contribution >= 0.6 is 11.3 Å². The quantitative estimate of drug-likeness (QED) is 0.778. The summed E-state index contributed by atoms with van der Waals surface area (Å²) in [7, 11) is 1.93. The van der Waals surface area contributed by atoms with Gasteiger partial charge in [0.2, 0.25) is 0 Å². The molecule has 25 heavy (non-hydrogen) atoms. The Morgan fingerprint density at radius 3 is 3.00 bits per heavy atom. The van der Waals surface area contributed by atoms with E-state index in [1.165, 1.54) is 4.88 Å². The number of imidazole rings is 1. The monoisotopic (exact) mass is 357 g/mol. The van der Waals surface area contributed by atoms with Crippen molar-refractivity contribution in [2.75, 3.05) is 18.0 Å². The topological polar surface area (TPSA) is 67.1 Å². The van der Waals surface area contributed by atoms with E-state index in [9.17, 15) is 5.11 Å². The molecular weight excluding hydrogens is 334 g/mol. The zero-order chi connectivity index (χ0) is 17.4. The van der Waals surface area contributed by atoms with E-state index in [-0.39, 0.29) is 5.92 Å². The Kier molecular flexibility index (Phi) is 4.43. The molecule has 0 aliphatic carbocycles. The molecule has 0 saturated carbocycles. The van der Waals surface area contributed by atoms with Gasteiger partial charge in [0.15, 0.2) is 0 Å². The third-order valence-electron chi connectivity index (χ3n) is 5.03. The van der Waals surface area contributed by atoms with Crippen LogP contribution in [0.5, 0.6) is 0 Å². The second-order valence-electron chi connectivity index (χ2n) is 6.67. The lowest BCUT2D eigenvalue weighted by Crippen LogP contribution is -2.39. The van der Waals surface area contributed by atoms with Gasteiger partial charge in [-0.2, -0.15) is 0 Å². The molecule has 2 unspecified atom stereocenters. The van der Waals surface area contributed by atoms with E-state index in [1.54, 1.807) is 23.9 Å². The Morgan fingerprint density at radius 1 is 1.36 bits per heavy atom. The molecule has 0 bridgehead atoms. The Morgan fingerprint density at radius 2 is 2.24 bits per heavy atom. The van der Waals surface area contributed by atoms with E-state index in [1.807, 2.05) is 17.8 Å². The van der Waals surface area contributed by atoms with Gasteiger partial charge in [-0.05, 0) is 25.3 Å². The number of anilines is 1. The lowest BCUT2D eigenvalue weighted by Gasteiger charge is -2.35. The Hall–Kier alpha value is -1.99. The molecule has 1 saturated heterocycles. The first-order chi connectivity index (χ1) is 12.2. The lowest BCUT2D eigenvalue weighted by molar-refractivity contribution is 0.0874. The van der Waals surface area contributed by atoms with Crippen LogP contribution in [0.3, 0.4) is 0 Å². The van der Waals surface area contributed by atoms with Crippen LogP contribution in [-0.2, 0) is 13.5 Å². The van der Waals surface area contributed by atoms with Gasteiger partial charge in [0.25, 0.3) is 0 Å². The highest BCUT2D eigenvalue weighted by atomic mass is 32.1. The molecule has 6 nitrogen and oxygen atoms in total. The molecule has 1 fully saturated rings. The second-order valence-corrected chi connectivity index (χ2v) is 7.79. The Labute approximate surface area is 151 Å². The van der Waals surface area contributed by atoms with Crippen LogP contribution in [0.4, 0.5) is 5.82 Å². The van der Waals surface area contributed by atoms with E-state index in [4.69, 9.17) is 0 Å². The predicted octanol–water partition coefficient (Wildman–Crippen LogP) is 2.94. The van der Waals surface area contributed by atoms with Crippen molar-refractivity contribution < 1.29 is 5.11 Å². The SMILES string of the molecule is CCc1cc2c(N3CCCC(C(O)c4nccn4C)C3)ncnc2s1. The third-order valence-corrected chi connectivity index (χ3v) is 6.22. The number of aliphatic hydroxyl groups excluding tert-OH is 1. The number of rotatable bonds is 4. The number of thiophene rings is 1. The van der Waals surface area contributed by atoms with Gasteiger partial charge >= 0.3 is 0 Å². The van der Waals surface area contributed by atoms with Gasteiger partial charge in [0, 0.05) is 43.3 Å². The highest BCUT2D eigenvalue weighted by molar-refractivity contribution is 7.18. The number of hydrogen-bond donors (Lipinski definition) is 1. The number of aliphatic hydroxyl groups is 1. The van der Waals surface area contributed by atoms with E-state index >= 15 is 0 Å². The third kappa shape index (κ3) is 3.02. The van der Waals surface area contributed by atoms with Gasteiger partial charge in [-0.25, -0.2) is 15.0 Å². The summed E-state index contributed by atoms with van der Waals surface area (Å²) in [5.74, 6) is 1.89. The van der Waals surface area contributed by atoms with Crippen LogP contribution < -0.4 is 4.90 Å². The van der Waals surface area contributed by atoms with Gasteiger partial charge in [-0.15, -0.1) is 11.3 Å². The minimum absolute atomic E-state index is 0.157. The lowest BCUT2D eigenvalue weighted by atomic mass is 9.92. The minimum atomic E-state index is -0.547. The molecule has 4 heterocycles. The maximum atomic E-state index is 10.8. The van der Waals surface area contributed by atoms with Crippen molar-refractivity contribution in [3.63, 3.8) is 0 Å². The Bertz CT molecular complexity index is 873. The first-order valence-corrected chi connectivity index (χ1v) is 9.62. The predicted molar refractivity (Wildman–Crippen MR) is 99.9 cm³/mol. The number of piperidine rings is 1. The summed E-state index contributed by atoms with van der Waals surface area (Å²) in [6.45, 7) is 3.92. The molecule has 0 spiro atoms. The molecule has 0 amide bonds. The van der Waals surface area contributed by atoms with Crippen molar-refractivity contribution in [3.05, 3.63) is 35.5 Å². The van der Waals surface area contributed by atoms with Crippen molar-refractivity contribution >= 4 is 27.4 Å². The Balaban J connectivity index is 1.61. The summed E-state index contributed by atoms with van der Waals surface area (Å²) in [5.41, 5.74) is 0. The van der Waals surface area contributed by atoms with Crippen LogP contribution in [0.15, 0.2) is 24.8 Å². The summed E-state index contributed by atoms with van der Waals surface area (Å²) < 4.78 is 1.90. The summed E-state index contributed by atoms with van der Waals surface area (Å²) >= 11 is 1.74. The summed E-state index contributed by atoms with van der Waals surface area (Å²) in [6, 6.07) is 2.22. The number of fused-ring (bicyclic) bond motifs is 1. The summed E-state index contributed by atoms with van der Waals surface area (Å²) in [5, 5.41) is 11.9. The fraction of sp³-hybridized carbons (Fsp3) is 0.500. The fourth-order valence-corrected chi connectivity index (χ4v) is 4.58. The van der Waals surface area contributed by atoms with Crippen molar-refractivity contribution in [3.8, 4) is 0 Å². The van der Waals surface area contributed by atoms with Crippen LogP contribution in [-0.4, -0.2) is 37.7 Å². The molecule has 132 valence electrons. The van der Waals surface area contributed by atoms with Crippen molar-refractivity contribution in [2.45, 2.75) is 32.3 Å². The zero-order valence-electron chi connectivity index (χ0n) is 14.6. The second kappa shape index (κ2) is 6.72. The molecule has 3 aromatic rings. The standard InChI is InChI=1S/C18H23N5OS/c1-3-13-9-14-16(20-11-21-18(14)25-13)23-7-4-5-12(10-23)15(24)17-19-6-8-22(17)2/h6,8-9,11-12,15,24H,3-5,7,10H2,1-2H3. The molecule has 2 atom stereocenters. The number of nitrogens with zero attached hydrogens (tertiary/aromatic N) is 5. The molecule has 0 aromatic carbocycles. The molecule has 3 aromatic heterocycles. The molecule has 0 radical (unpaired) electrons. The van der Waals surface area contributed by atoms with E-state index in [0.29, 0.717) is 0 Å². The fourth-order valence-electron chi connectivity index (χ4n) is 3.65. The largest absolute Gasteiger partial charge is 0.385 e. The molecule has 1 aliphatic rings. The molecule has 4 rings (SSSR count). The first-order valence-electron chi connectivity index (χ1n) is 8.81. The maximum Gasteiger partial charge on any atom is 0.140 e. The van der Waals surface area contributed by atoms with Crippen molar-refractivity contribution in [2.24, 2.45) is 13.0 Å². The van der Waals surface area contributed by atoms with Crippen LogP contribution in [0.2, 0.25) is 0 Å². The van der Waals surface area contributed by atoms with Crippen LogP contribution in [0.25, 0.3) is 10.2 Å². The number of hydrogen-bond acceptors (Lipinski definition) is 6.